The fourth-order valence-corrected chi connectivity index (χ4v) is 6.77. The Labute approximate surface area is 217 Å². The van der Waals surface area contributed by atoms with E-state index in [-0.39, 0.29) is 10.9 Å². The van der Waals surface area contributed by atoms with Gasteiger partial charge in [-0.3, -0.25) is 0 Å². The van der Waals surface area contributed by atoms with E-state index in [0.717, 1.165) is 47.9 Å². The molecule has 2 aliphatic heterocycles. The SMILES string of the molecule is [B]c1cnn2c1NC(C1=C(Cl)CCC=C1)C=C2NCC1CCN(S(=O)(=O)c2cccc(Cl)c2)CC1. The van der Waals surface area contributed by atoms with Crippen LogP contribution >= 0.6 is 23.2 Å². The van der Waals surface area contributed by atoms with Gasteiger partial charge in [-0.15, -0.1) is 0 Å². The smallest absolute Gasteiger partial charge is 0.243 e. The Hall–Kier alpha value is -2.20. The van der Waals surface area contributed by atoms with Crippen LogP contribution in [0.5, 0.6) is 0 Å². The van der Waals surface area contributed by atoms with Gasteiger partial charge >= 0.3 is 0 Å². The number of allylic oxidation sites excluding steroid dienone is 2. The van der Waals surface area contributed by atoms with E-state index in [9.17, 15) is 8.42 Å². The molecule has 1 aliphatic carbocycles. The quantitative estimate of drug-likeness (QED) is 0.560. The molecule has 1 atom stereocenters. The molecular weight excluding hydrogens is 504 g/mol. The summed E-state index contributed by atoms with van der Waals surface area (Å²) in [6.07, 6.45) is 11.2. The zero-order chi connectivity index (χ0) is 24.6. The average molecular weight is 530 g/mol. The lowest BCUT2D eigenvalue weighted by molar-refractivity contribution is 0.272. The number of hydrogen-bond donors (Lipinski definition) is 2. The molecule has 1 aromatic carbocycles. The van der Waals surface area contributed by atoms with Crippen molar-refractivity contribution in [2.45, 2.75) is 36.6 Å². The predicted octanol–water partition coefficient (Wildman–Crippen LogP) is 3.46. The minimum absolute atomic E-state index is 0.113. The molecule has 7 nitrogen and oxygen atoms in total. The van der Waals surface area contributed by atoms with Gasteiger partial charge < -0.3 is 10.6 Å². The van der Waals surface area contributed by atoms with Crippen LogP contribution in [0.1, 0.15) is 25.7 Å². The van der Waals surface area contributed by atoms with Crippen LogP contribution in [0.25, 0.3) is 5.82 Å². The molecule has 1 aromatic heterocycles. The molecular formula is C24H26BCl2N5O2S. The van der Waals surface area contributed by atoms with Crippen molar-refractivity contribution in [2.24, 2.45) is 5.92 Å². The highest BCUT2D eigenvalue weighted by molar-refractivity contribution is 7.89. The second-order valence-corrected chi connectivity index (χ2v) is 11.9. The molecule has 0 spiro atoms. The third kappa shape index (κ3) is 5.05. The Bertz CT molecular complexity index is 1310. The fourth-order valence-electron chi connectivity index (χ4n) is 4.71. The summed E-state index contributed by atoms with van der Waals surface area (Å²) >= 11 is 12.5. The third-order valence-corrected chi connectivity index (χ3v) is 9.23. The number of hydrogen-bond acceptors (Lipinski definition) is 5. The molecule has 182 valence electrons. The Balaban J connectivity index is 1.26. The average Bonchev–Trinajstić information content (AvgIpc) is 3.24. The molecule has 1 unspecified atom stereocenters. The molecule has 0 saturated carbocycles. The van der Waals surface area contributed by atoms with E-state index in [1.807, 2.05) is 0 Å². The van der Waals surface area contributed by atoms with Crippen molar-refractivity contribution >= 4 is 58.2 Å². The summed E-state index contributed by atoms with van der Waals surface area (Å²) in [5.74, 6) is 1.90. The van der Waals surface area contributed by atoms with Gasteiger partial charge in [0.15, 0.2) is 0 Å². The number of fused-ring (bicyclic) bond motifs is 1. The zero-order valence-corrected chi connectivity index (χ0v) is 21.5. The van der Waals surface area contributed by atoms with Crippen molar-refractivity contribution in [1.82, 2.24) is 19.4 Å². The van der Waals surface area contributed by atoms with Crippen LogP contribution < -0.4 is 16.1 Å². The van der Waals surface area contributed by atoms with Gasteiger partial charge in [0, 0.05) is 35.9 Å². The highest BCUT2D eigenvalue weighted by Crippen LogP contribution is 2.30. The Kier molecular flexibility index (Phi) is 7.03. The molecule has 0 bridgehead atoms. The highest BCUT2D eigenvalue weighted by atomic mass is 35.5. The van der Waals surface area contributed by atoms with Crippen molar-refractivity contribution in [1.29, 1.82) is 0 Å². The first-order valence-electron chi connectivity index (χ1n) is 11.7. The van der Waals surface area contributed by atoms with Gasteiger partial charge in [0.2, 0.25) is 10.0 Å². The van der Waals surface area contributed by atoms with Crippen LogP contribution in [0.15, 0.2) is 64.2 Å². The third-order valence-electron chi connectivity index (χ3n) is 6.70. The Morgan fingerprint density at radius 2 is 2.03 bits per heavy atom. The summed E-state index contributed by atoms with van der Waals surface area (Å²) in [6.45, 7) is 1.64. The molecule has 3 aliphatic rings. The molecule has 3 heterocycles. The molecule has 1 saturated heterocycles. The van der Waals surface area contributed by atoms with Crippen LogP contribution in [-0.2, 0) is 10.0 Å². The number of benzene rings is 1. The Morgan fingerprint density at radius 3 is 2.77 bits per heavy atom. The fraction of sp³-hybridized carbons (Fsp3) is 0.375. The monoisotopic (exact) mass is 529 g/mol. The standard InChI is InChI=1S/C24H26BCl2N5O2S/c25-20-15-29-32-23(13-22(30-24(20)32)19-6-1-2-7-21(19)27)28-14-16-8-10-31(11-9-16)35(33,34)18-5-3-4-17(26)12-18/h1,3-6,12-13,15-16,22,28,30H,2,7-11,14H2. The van der Waals surface area contributed by atoms with Crippen LogP contribution in [0, 0.1) is 5.92 Å². The van der Waals surface area contributed by atoms with Crippen molar-refractivity contribution in [3.05, 3.63) is 64.3 Å². The summed E-state index contributed by atoms with van der Waals surface area (Å²) in [4.78, 5) is 0.237. The van der Waals surface area contributed by atoms with E-state index >= 15 is 0 Å². The van der Waals surface area contributed by atoms with E-state index in [4.69, 9.17) is 31.0 Å². The van der Waals surface area contributed by atoms with E-state index in [1.54, 1.807) is 33.4 Å². The van der Waals surface area contributed by atoms with E-state index in [0.29, 0.717) is 36.0 Å². The maximum Gasteiger partial charge on any atom is 0.243 e. The number of halogens is 2. The number of nitrogens with zero attached hydrogens (tertiary/aromatic N) is 3. The minimum atomic E-state index is -3.55. The largest absolute Gasteiger partial charge is 0.370 e. The second-order valence-electron chi connectivity index (χ2n) is 9.02. The van der Waals surface area contributed by atoms with Gasteiger partial charge in [0.25, 0.3) is 0 Å². The van der Waals surface area contributed by atoms with Crippen LogP contribution in [-0.4, -0.2) is 56.0 Å². The number of rotatable bonds is 6. The van der Waals surface area contributed by atoms with Gasteiger partial charge in [0.05, 0.1) is 10.9 Å². The second kappa shape index (κ2) is 10.0. The van der Waals surface area contributed by atoms with Crippen molar-refractivity contribution in [3.8, 4) is 0 Å². The number of nitrogens with one attached hydrogen (secondary N) is 2. The lowest BCUT2D eigenvalue weighted by atomic mass is 9.95. The Morgan fingerprint density at radius 1 is 1.23 bits per heavy atom. The number of sulfonamides is 1. The number of aromatic nitrogens is 2. The maximum atomic E-state index is 13.0. The normalized spacial score (nSPS) is 21.4. The molecule has 2 N–H and O–H groups in total. The van der Waals surface area contributed by atoms with Gasteiger partial charge in [-0.1, -0.05) is 41.4 Å². The lowest BCUT2D eigenvalue weighted by Crippen LogP contribution is -2.41. The van der Waals surface area contributed by atoms with E-state index < -0.39 is 10.0 Å². The van der Waals surface area contributed by atoms with Crippen LogP contribution in [0.2, 0.25) is 5.02 Å². The summed E-state index contributed by atoms with van der Waals surface area (Å²) in [5, 5.41) is 12.6. The first-order valence-corrected chi connectivity index (χ1v) is 13.9. The first kappa shape index (κ1) is 24.5. The van der Waals surface area contributed by atoms with Gasteiger partial charge in [-0.2, -0.15) is 9.40 Å². The maximum absolute atomic E-state index is 13.0. The molecule has 0 amide bonds. The topological polar surface area (TPSA) is 79.3 Å². The summed E-state index contributed by atoms with van der Waals surface area (Å²) in [5.41, 5.74) is 1.60. The van der Waals surface area contributed by atoms with Crippen molar-refractivity contribution in [2.75, 3.05) is 25.0 Å². The van der Waals surface area contributed by atoms with Crippen LogP contribution in [0.4, 0.5) is 5.82 Å². The van der Waals surface area contributed by atoms with Crippen molar-refractivity contribution in [3.63, 3.8) is 0 Å². The van der Waals surface area contributed by atoms with Gasteiger partial charge in [-0.05, 0) is 66.9 Å². The molecule has 11 heteroatoms. The highest BCUT2D eigenvalue weighted by Gasteiger charge is 2.30. The predicted molar refractivity (Wildman–Crippen MR) is 141 cm³/mol. The lowest BCUT2D eigenvalue weighted by Gasteiger charge is -2.33. The summed E-state index contributed by atoms with van der Waals surface area (Å²) < 4.78 is 29.3. The summed E-state index contributed by atoms with van der Waals surface area (Å²) in [7, 11) is 2.61. The molecule has 1 fully saturated rings. The zero-order valence-electron chi connectivity index (χ0n) is 19.1. The minimum Gasteiger partial charge on any atom is -0.370 e. The molecule has 35 heavy (non-hydrogen) atoms. The summed E-state index contributed by atoms with van der Waals surface area (Å²) in [6, 6.07) is 6.31. The van der Waals surface area contributed by atoms with Gasteiger partial charge in [-0.25, -0.2) is 13.1 Å². The van der Waals surface area contributed by atoms with E-state index in [2.05, 4.69) is 34.0 Å². The van der Waals surface area contributed by atoms with Crippen LogP contribution in [0.3, 0.4) is 0 Å². The molecule has 5 rings (SSSR count). The number of piperidine rings is 1. The molecule has 2 radical (unpaired) electrons. The van der Waals surface area contributed by atoms with Gasteiger partial charge in [0.1, 0.15) is 19.5 Å². The first-order chi connectivity index (χ1) is 16.8. The van der Waals surface area contributed by atoms with Crippen molar-refractivity contribution < 1.29 is 8.42 Å². The molecule has 2 aromatic rings. The number of anilines is 1. The van der Waals surface area contributed by atoms with E-state index in [1.165, 1.54) is 6.07 Å².